The smallest absolute Gasteiger partial charge is 0.239 e. The fraction of sp³-hybridized carbons (Fsp3) is 0.923. The minimum atomic E-state index is -0.303. The SMILES string of the molecule is CSCC[C@H](N)C(=O)N1CCC(C)CC(C)C1.Cl. The van der Waals surface area contributed by atoms with Crippen molar-refractivity contribution in [1.82, 2.24) is 4.90 Å². The number of hydrogen-bond acceptors (Lipinski definition) is 3. The quantitative estimate of drug-likeness (QED) is 0.866. The Kier molecular flexibility index (Phi) is 9.09. The molecule has 0 bridgehead atoms. The van der Waals surface area contributed by atoms with Gasteiger partial charge in [-0.3, -0.25) is 4.79 Å². The molecule has 2 unspecified atom stereocenters. The Balaban J connectivity index is 0.00000289. The van der Waals surface area contributed by atoms with Crippen molar-refractivity contribution in [2.75, 3.05) is 25.1 Å². The Morgan fingerprint density at radius 2 is 2.11 bits per heavy atom. The first-order valence-corrected chi connectivity index (χ1v) is 7.97. The van der Waals surface area contributed by atoms with Crippen LogP contribution in [0.4, 0.5) is 0 Å². The molecule has 1 aliphatic heterocycles. The second-order valence-electron chi connectivity index (χ2n) is 5.41. The van der Waals surface area contributed by atoms with E-state index in [9.17, 15) is 4.79 Å². The van der Waals surface area contributed by atoms with E-state index in [4.69, 9.17) is 5.73 Å². The summed E-state index contributed by atoms with van der Waals surface area (Å²) in [4.78, 5) is 14.2. The molecular formula is C13H27ClN2OS. The number of rotatable bonds is 4. The number of thioether (sulfide) groups is 1. The van der Waals surface area contributed by atoms with Gasteiger partial charge < -0.3 is 10.6 Å². The predicted octanol–water partition coefficient (Wildman–Crippen LogP) is 2.38. The minimum Gasteiger partial charge on any atom is -0.341 e. The highest BCUT2D eigenvalue weighted by Crippen LogP contribution is 2.21. The van der Waals surface area contributed by atoms with E-state index in [1.54, 1.807) is 11.8 Å². The lowest BCUT2D eigenvalue weighted by Crippen LogP contribution is -2.45. The van der Waals surface area contributed by atoms with E-state index in [1.165, 1.54) is 6.42 Å². The molecule has 1 amide bonds. The largest absolute Gasteiger partial charge is 0.341 e. The highest BCUT2D eigenvalue weighted by molar-refractivity contribution is 7.98. The number of likely N-dealkylation sites (tertiary alicyclic amines) is 1. The summed E-state index contributed by atoms with van der Waals surface area (Å²) in [5, 5.41) is 0. The van der Waals surface area contributed by atoms with Crippen molar-refractivity contribution in [3.8, 4) is 0 Å². The summed E-state index contributed by atoms with van der Waals surface area (Å²) in [7, 11) is 0. The van der Waals surface area contributed by atoms with Crippen LogP contribution in [-0.4, -0.2) is 41.9 Å². The van der Waals surface area contributed by atoms with Crippen molar-refractivity contribution in [3.05, 3.63) is 0 Å². The fourth-order valence-corrected chi connectivity index (χ4v) is 3.02. The molecule has 18 heavy (non-hydrogen) atoms. The number of carbonyl (C=O) groups is 1. The Bertz CT molecular complexity index is 253. The van der Waals surface area contributed by atoms with Gasteiger partial charge in [-0.05, 0) is 43.1 Å². The molecule has 0 aromatic carbocycles. The zero-order valence-corrected chi connectivity index (χ0v) is 13.4. The first kappa shape index (κ1) is 18.1. The molecule has 0 aromatic rings. The molecule has 0 saturated carbocycles. The Hall–Kier alpha value is 0.0700. The van der Waals surface area contributed by atoms with E-state index in [1.807, 2.05) is 11.2 Å². The molecule has 0 aromatic heterocycles. The molecule has 1 rings (SSSR count). The summed E-state index contributed by atoms with van der Waals surface area (Å²) in [6, 6.07) is -0.303. The van der Waals surface area contributed by atoms with Gasteiger partial charge in [-0.1, -0.05) is 13.8 Å². The summed E-state index contributed by atoms with van der Waals surface area (Å²) in [5.41, 5.74) is 5.96. The zero-order chi connectivity index (χ0) is 12.8. The van der Waals surface area contributed by atoms with E-state index < -0.39 is 0 Å². The standard InChI is InChI=1S/C13H26N2OS.ClH/c1-10-4-6-15(9-11(2)8-10)13(16)12(14)5-7-17-3;/h10-12H,4-9,14H2,1-3H3;1H/t10?,11?,12-;/m0./s1. The van der Waals surface area contributed by atoms with Gasteiger partial charge in [0.05, 0.1) is 6.04 Å². The summed E-state index contributed by atoms with van der Waals surface area (Å²) < 4.78 is 0. The first-order valence-electron chi connectivity index (χ1n) is 6.58. The predicted molar refractivity (Wildman–Crippen MR) is 82.4 cm³/mol. The normalized spacial score (nSPS) is 26.1. The molecule has 3 nitrogen and oxygen atoms in total. The van der Waals surface area contributed by atoms with Gasteiger partial charge in [-0.15, -0.1) is 12.4 Å². The van der Waals surface area contributed by atoms with E-state index in [2.05, 4.69) is 13.8 Å². The van der Waals surface area contributed by atoms with Gasteiger partial charge in [0.25, 0.3) is 0 Å². The molecular weight excluding hydrogens is 268 g/mol. The van der Waals surface area contributed by atoms with Crippen LogP contribution in [0.1, 0.15) is 33.1 Å². The Morgan fingerprint density at radius 1 is 1.44 bits per heavy atom. The number of amides is 1. The zero-order valence-electron chi connectivity index (χ0n) is 11.7. The highest BCUT2D eigenvalue weighted by atomic mass is 35.5. The molecule has 1 aliphatic rings. The van der Waals surface area contributed by atoms with Crippen molar-refractivity contribution in [2.24, 2.45) is 17.6 Å². The average molecular weight is 295 g/mol. The van der Waals surface area contributed by atoms with Gasteiger partial charge >= 0.3 is 0 Å². The molecule has 0 spiro atoms. The van der Waals surface area contributed by atoms with Gasteiger partial charge in [0.1, 0.15) is 0 Å². The van der Waals surface area contributed by atoms with Crippen LogP contribution in [0.5, 0.6) is 0 Å². The molecule has 5 heteroatoms. The monoisotopic (exact) mass is 294 g/mol. The summed E-state index contributed by atoms with van der Waals surface area (Å²) in [6.45, 7) is 6.28. The summed E-state index contributed by atoms with van der Waals surface area (Å²) >= 11 is 1.75. The Morgan fingerprint density at radius 3 is 2.72 bits per heavy atom. The number of nitrogens with zero attached hydrogens (tertiary/aromatic N) is 1. The van der Waals surface area contributed by atoms with Crippen molar-refractivity contribution in [2.45, 2.75) is 39.2 Å². The molecule has 2 N–H and O–H groups in total. The molecule has 1 heterocycles. The van der Waals surface area contributed by atoms with E-state index in [0.717, 1.165) is 37.6 Å². The number of carbonyl (C=O) groups excluding carboxylic acids is 1. The van der Waals surface area contributed by atoms with E-state index >= 15 is 0 Å². The van der Waals surface area contributed by atoms with E-state index in [-0.39, 0.29) is 24.4 Å². The lowest BCUT2D eigenvalue weighted by Gasteiger charge is -2.25. The van der Waals surface area contributed by atoms with Crippen molar-refractivity contribution in [1.29, 1.82) is 0 Å². The summed E-state index contributed by atoms with van der Waals surface area (Å²) in [6.07, 6.45) is 5.18. The lowest BCUT2D eigenvalue weighted by atomic mass is 9.97. The van der Waals surface area contributed by atoms with Crippen LogP contribution < -0.4 is 5.73 Å². The van der Waals surface area contributed by atoms with Crippen LogP contribution >= 0.6 is 24.2 Å². The number of halogens is 1. The third-order valence-electron chi connectivity index (χ3n) is 3.49. The topological polar surface area (TPSA) is 46.3 Å². The van der Waals surface area contributed by atoms with Gasteiger partial charge in [-0.2, -0.15) is 11.8 Å². The van der Waals surface area contributed by atoms with Crippen LogP contribution in [-0.2, 0) is 4.79 Å². The number of hydrogen-bond donors (Lipinski definition) is 1. The van der Waals surface area contributed by atoms with Gasteiger partial charge in [0, 0.05) is 13.1 Å². The fourth-order valence-electron chi connectivity index (χ4n) is 2.53. The highest BCUT2D eigenvalue weighted by Gasteiger charge is 2.25. The molecule has 108 valence electrons. The third kappa shape index (κ3) is 5.81. The third-order valence-corrected chi connectivity index (χ3v) is 4.13. The molecule has 0 radical (unpaired) electrons. The maximum absolute atomic E-state index is 12.2. The molecule has 0 aliphatic carbocycles. The van der Waals surface area contributed by atoms with Crippen LogP contribution in [0.2, 0.25) is 0 Å². The maximum atomic E-state index is 12.2. The van der Waals surface area contributed by atoms with Crippen LogP contribution in [0.3, 0.4) is 0 Å². The van der Waals surface area contributed by atoms with E-state index in [0.29, 0.717) is 5.92 Å². The molecule has 1 fully saturated rings. The second kappa shape index (κ2) is 9.05. The minimum absolute atomic E-state index is 0. The van der Waals surface area contributed by atoms with Crippen LogP contribution in [0, 0.1) is 11.8 Å². The number of nitrogens with two attached hydrogens (primary N) is 1. The van der Waals surface area contributed by atoms with Crippen LogP contribution in [0.15, 0.2) is 0 Å². The Labute approximate surface area is 122 Å². The molecule has 1 saturated heterocycles. The second-order valence-corrected chi connectivity index (χ2v) is 6.39. The van der Waals surface area contributed by atoms with Crippen LogP contribution in [0.25, 0.3) is 0 Å². The van der Waals surface area contributed by atoms with Crippen molar-refractivity contribution >= 4 is 30.1 Å². The summed E-state index contributed by atoms with van der Waals surface area (Å²) in [5.74, 6) is 2.45. The van der Waals surface area contributed by atoms with Gasteiger partial charge in [-0.25, -0.2) is 0 Å². The molecule has 3 atom stereocenters. The van der Waals surface area contributed by atoms with Crippen molar-refractivity contribution in [3.63, 3.8) is 0 Å². The lowest BCUT2D eigenvalue weighted by molar-refractivity contribution is -0.133. The van der Waals surface area contributed by atoms with Gasteiger partial charge in [0.15, 0.2) is 0 Å². The average Bonchev–Trinajstić information content (AvgIpc) is 2.46. The van der Waals surface area contributed by atoms with Crippen molar-refractivity contribution < 1.29 is 4.79 Å². The maximum Gasteiger partial charge on any atom is 0.239 e. The van der Waals surface area contributed by atoms with Gasteiger partial charge in [0.2, 0.25) is 5.91 Å². The first-order chi connectivity index (χ1) is 8.04.